The zero-order chi connectivity index (χ0) is 34.3. The third-order valence-corrected chi connectivity index (χ3v) is 14.2. The molecule has 0 unspecified atom stereocenters. The number of aliphatic hydroxyl groups excluding tert-OH is 6. The van der Waals surface area contributed by atoms with Crippen LogP contribution in [0, 0.1) is 34.5 Å². The number of fused-ring (bicyclic) bond motifs is 5. The normalized spacial score (nSPS) is 55.3. The molecule has 0 amide bonds. The van der Waals surface area contributed by atoms with E-state index in [1.54, 1.807) is 13.0 Å². The van der Waals surface area contributed by atoms with E-state index in [2.05, 4.69) is 13.8 Å². The third-order valence-electron chi connectivity index (χ3n) is 14.2. The van der Waals surface area contributed by atoms with Gasteiger partial charge in [0.05, 0.1) is 24.4 Å². The SMILES string of the molecule is C[C@@H]1O[C@H](O[C@@H]2CC[C@@]3(C)[C@@H](CC[C@@H]4[C@@H]3CC[C@]3(C)[C@@H](C5=CC(=O)OC5)CC[C@]43O)C2)[C@H](O)[C@H](O)[C@H]1O[C@H]1O[C@@H](CO)[C@H](O)[C@@H](O)[C@@H]1O. The first-order valence-corrected chi connectivity index (χ1v) is 17.9. The Hall–Kier alpha value is -1.23. The molecular weight excluding hydrogens is 628 g/mol. The van der Waals surface area contributed by atoms with Crippen molar-refractivity contribution >= 4 is 5.97 Å². The molecule has 4 saturated carbocycles. The maximum atomic E-state index is 12.5. The van der Waals surface area contributed by atoms with Crippen LogP contribution in [0.25, 0.3) is 0 Å². The molecule has 3 heterocycles. The molecule has 7 N–H and O–H groups in total. The topological polar surface area (TPSA) is 205 Å². The Labute approximate surface area is 281 Å². The number of aliphatic hydroxyl groups is 7. The Kier molecular flexibility index (Phi) is 9.36. The van der Waals surface area contributed by atoms with Crippen molar-refractivity contribution in [2.75, 3.05) is 13.2 Å². The highest BCUT2D eigenvalue weighted by molar-refractivity contribution is 5.85. The van der Waals surface area contributed by atoms with E-state index in [-0.39, 0.29) is 34.7 Å². The molecule has 13 nitrogen and oxygen atoms in total. The molecule has 7 aliphatic rings. The first-order valence-electron chi connectivity index (χ1n) is 17.9. The van der Waals surface area contributed by atoms with Crippen LogP contribution < -0.4 is 0 Å². The average molecular weight is 683 g/mol. The molecule has 0 aromatic heterocycles. The molecule has 0 aromatic carbocycles. The van der Waals surface area contributed by atoms with E-state index in [0.717, 1.165) is 63.4 Å². The van der Waals surface area contributed by atoms with E-state index in [1.807, 2.05) is 0 Å². The summed E-state index contributed by atoms with van der Waals surface area (Å²) in [5.41, 5.74) is 0.00280. The fourth-order valence-electron chi connectivity index (χ4n) is 11.3. The quantitative estimate of drug-likeness (QED) is 0.149. The van der Waals surface area contributed by atoms with E-state index in [9.17, 15) is 40.5 Å². The molecule has 48 heavy (non-hydrogen) atoms. The van der Waals surface area contributed by atoms with Crippen molar-refractivity contribution in [2.24, 2.45) is 34.5 Å². The van der Waals surface area contributed by atoms with Crippen LogP contribution in [0.5, 0.6) is 0 Å². The number of carbonyl (C=O) groups is 1. The molecular formula is C35H54O13. The summed E-state index contributed by atoms with van der Waals surface area (Å²) in [6, 6.07) is 0. The summed E-state index contributed by atoms with van der Waals surface area (Å²) in [5.74, 6) is 0.825. The van der Waals surface area contributed by atoms with Gasteiger partial charge in [0.15, 0.2) is 12.6 Å². The van der Waals surface area contributed by atoms with Gasteiger partial charge >= 0.3 is 5.97 Å². The van der Waals surface area contributed by atoms with Crippen LogP contribution in [-0.4, -0.2) is 128 Å². The van der Waals surface area contributed by atoms with Gasteiger partial charge in [-0.2, -0.15) is 0 Å². The summed E-state index contributed by atoms with van der Waals surface area (Å²) < 4.78 is 28.8. The number of hydrogen-bond donors (Lipinski definition) is 7. The Morgan fingerprint density at radius 3 is 2.27 bits per heavy atom. The number of rotatable bonds is 6. The van der Waals surface area contributed by atoms with Gasteiger partial charge in [0.25, 0.3) is 0 Å². The van der Waals surface area contributed by atoms with Gasteiger partial charge in [0.2, 0.25) is 0 Å². The van der Waals surface area contributed by atoms with Gasteiger partial charge in [-0.25, -0.2) is 4.79 Å². The summed E-state index contributed by atoms with van der Waals surface area (Å²) >= 11 is 0. The van der Waals surface area contributed by atoms with Crippen molar-refractivity contribution < 1.29 is 64.2 Å². The first kappa shape index (κ1) is 35.2. The molecule has 0 spiro atoms. The largest absolute Gasteiger partial charge is 0.458 e. The highest BCUT2D eigenvalue weighted by Crippen LogP contribution is 2.70. The zero-order valence-corrected chi connectivity index (χ0v) is 28.1. The summed E-state index contributed by atoms with van der Waals surface area (Å²) in [7, 11) is 0. The Balaban J connectivity index is 0.977. The van der Waals surface area contributed by atoms with Crippen LogP contribution >= 0.6 is 0 Å². The molecule has 0 aromatic rings. The molecule has 2 saturated heterocycles. The maximum absolute atomic E-state index is 12.5. The lowest BCUT2D eigenvalue weighted by atomic mass is 9.43. The highest BCUT2D eigenvalue weighted by atomic mass is 16.7. The first-order chi connectivity index (χ1) is 22.7. The molecule has 7 rings (SSSR count). The van der Waals surface area contributed by atoms with Gasteiger partial charge in [0.1, 0.15) is 49.3 Å². The van der Waals surface area contributed by atoms with Gasteiger partial charge < -0.3 is 59.4 Å². The van der Waals surface area contributed by atoms with Crippen molar-refractivity contribution in [2.45, 2.75) is 152 Å². The molecule has 4 aliphatic carbocycles. The van der Waals surface area contributed by atoms with E-state index in [4.69, 9.17) is 23.7 Å². The second-order valence-electron chi connectivity index (χ2n) is 16.3. The fraction of sp³-hybridized carbons (Fsp3) is 0.914. The fourth-order valence-corrected chi connectivity index (χ4v) is 11.3. The van der Waals surface area contributed by atoms with Crippen LogP contribution in [0.3, 0.4) is 0 Å². The minimum Gasteiger partial charge on any atom is -0.458 e. The maximum Gasteiger partial charge on any atom is 0.331 e. The summed E-state index contributed by atoms with van der Waals surface area (Å²) in [6.45, 7) is 5.97. The Bertz CT molecular complexity index is 1240. The second-order valence-corrected chi connectivity index (χ2v) is 16.3. The predicted octanol–water partition coefficient (Wildman–Crippen LogP) is 0.280. The van der Waals surface area contributed by atoms with E-state index in [1.165, 1.54) is 0 Å². The summed E-state index contributed by atoms with van der Waals surface area (Å²) in [6.07, 6.45) is -4.12. The number of carbonyl (C=O) groups excluding carboxylic acids is 1. The molecule has 13 heteroatoms. The van der Waals surface area contributed by atoms with Crippen molar-refractivity contribution in [3.63, 3.8) is 0 Å². The van der Waals surface area contributed by atoms with Gasteiger partial charge in [-0.1, -0.05) is 13.8 Å². The van der Waals surface area contributed by atoms with Crippen molar-refractivity contribution in [3.05, 3.63) is 11.6 Å². The average Bonchev–Trinajstić information content (AvgIpc) is 3.61. The van der Waals surface area contributed by atoms with E-state index >= 15 is 0 Å². The van der Waals surface area contributed by atoms with Crippen molar-refractivity contribution in [3.8, 4) is 0 Å². The monoisotopic (exact) mass is 682 g/mol. The van der Waals surface area contributed by atoms with Crippen molar-refractivity contribution in [1.82, 2.24) is 0 Å². The smallest absolute Gasteiger partial charge is 0.331 e. The lowest BCUT2D eigenvalue weighted by Crippen LogP contribution is -2.64. The van der Waals surface area contributed by atoms with E-state index in [0.29, 0.717) is 18.4 Å². The highest BCUT2D eigenvalue weighted by Gasteiger charge is 2.68. The van der Waals surface area contributed by atoms with Crippen LogP contribution in [0.4, 0.5) is 0 Å². The van der Waals surface area contributed by atoms with Crippen molar-refractivity contribution in [1.29, 1.82) is 0 Å². The van der Waals surface area contributed by atoms with Crippen LogP contribution in [0.2, 0.25) is 0 Å². The summed E-state index contributed by atoms with van der Waals surface area (Å²) in [5, 5.41) is 74.7. The number of esters is 1. The zero-order valence-electron chi connectivity index (χ0n) is 28.1. The van der Waals surface area contributed by atoms with Crippen LogP contribution in [-0.2, 0) is 28.5 Å². The molecule has 3 aliphatic heterocycles. The second kappa shape index (κ2) is 12.8. The van der Waals surface area contributed by atoms with Crippen LogP contribution in [0.1, 0.15) is 78.6 Å². The molecule has 0 bridgehead atoms. The predicted molar refractivity (Wildman–Crippen MR) is 166 cm³/mol. The molecule has 18 atom stereocenters. The van der Waals surface area contributed by atoms with Crippen LogP contribution in [0.15, 0.2) is 11.6 Å². The molecule has 272 valence electrons. The van der Waals surface area contributed by atoms with Gasteiger partial charge in [-0.15, -0.1) is 0 Å². The van der Waals surface area contributed by atoms with Gasteiger partial charge in [-0.3, -0.25) is 0 Å². The van der Waals surface area contributed by atoms with Gasteiger partial charge in [-0.05, 0) is 99.4 Å². The molecule has 0 radical (unpaired) electrons. The summed E-state index contributed by atoms with van der Waals surface area (Å²) in [4.78, 5) is 11.9. The lowest BCUT2D eigenvalue weighted by molar-refractivity contribution is -0.360. The van der Waals surface area contributed by atoms with E-state index < -0.39 is 73.6 Å². The van der Waals surface area contributed by atoms with Gasteiger partial charge in [0, 0.05) is 11.5 Å². The standard InChI is InChI=1S/C35H54O13/c1-16-30(48-32-28(41)26(39)25(38)23(14-36)47-32)27(40)29(42)31(45-16)46-19-6-9-33(2)18(13-19)4-5-22-21(33)7-10-34(3)20(8-11-35(22,34)43)17-12-24(37)44-15-17/h12,16,18-23,25-32,36,38-43H,4-11,13-15H2,1-3H3/t16-,18-,19+,20+,21-,22+,23-,25-,26+,27-,28-,29+,30-,31+,32+,33-,34+,35-/m0/s1. The molecule has 6 fully saturated rings. The Morgan fingerprint density at radius 2 is 1.56 bits per heavy atom. The third kappa shape index (κ3) is 5.42. The number of ether oxygens (including phenoxy) is 5. The number of cyclic esters (lactones) is 1. The Morgan fingerprint density at radius 1 is 0.833 bits per heavy atom. The number of hydrogen-bond acceptors (Lipinski definition) is 13. The minimum absolute atomic E-state index is 0.0345. The lowest BCUT2D eigenvalue weighted by Gasteiger charge is -2.64. The minimum atomic E-state index is -1.65.